The van der Waals surface area contributed by atoms with Gasteiger partial charge in [-0.2, -0.15) is 0 Å². The van der Waals surface area contributed by atoms with Crippen molar-refractivity contribution in [3.05, 3.63) is 0 Å². The quantitative estimate of drug-likeness (QED) is 0.738. The lowest BCUT2D eigenvalue weighted by molar-refractivity contribution is -0.144. The first-order valence-corrected chi connectivity index (χ1v) is 6.24. The van der Waals surface area contributed by atoms with E-state index in [-0.39, 0.29) is 17.2 Å². The molecule has 1 aliphatic heterocycles. The fourth-order valence-corrected chi connectivity index (χ4v) is 2.03. The third-order valence-corrected chi connectivity index (χ3v) is 3.77. The number of Topliss-reactive ketones (excluding diaryl/α,β-unsaturated/α-hetero) is 1. The zero-order valence-corrected chi connectivity index (χ0v) is 10.9. The summed E-state index contributed by atoms with van der Waals surface area (Å²) >= 11 is 0. The van der Waals surface area contributed by atoms with Crippen LogP contribution in [0.1, 0.15) is 47.0 Å². The molecule has 1 saturated heterocycles. The van der Waals surface area contributed by atoms with Crippen LogP contribution in [-0.4, -0.2) is 29.7 Å². The number of carbonyl (C=O) groups excluding carboxylic acids is 2. The molecule has 1 heterocycles. The van der Waals surface area contributed by atoms with E-state index in [9.17, 15) is 9.59 Å². The minimum absolute atomic E-state index is 0.0605. The van der Waals surface area contributed by atoms with Gasteiger partial charge in [0.25, 0.3) is 0 Å². The normalized spacial score (nSPS) is 22.4. The first-order chi connectivity index (χ1) is 7.42. The number of rotatable bonds is 3. The van der Waals surface area contributed by atoms with Crippen LogP contribution in [0.3, 0.4) is 0 Å². The van der Waals surface area contributed by atoms with Gasteiger partial charge >= 0.3 is 0 Å². The summed E-state index contributed by atoms with van der Waals surface area (Å²) in [6, 6.07) is 0. The molecule has 1 rings (SSSR count). The lowest BCUT2D eigenvalue weighted by atomic mass is 9.86. The molecule has 0 saturated carbocycles. The summed E-state index contributed by atoms with van der Waals surface area (Å²) in [5, 5.41) is 0. The maximum Gasteiger partial charge on any atom is 0.228 e. The number of hydrogen-bond donors (Lipinski definition) is 0. The Morgan fingerprint density at radius 3 is 2.56 bits per heavy atom. The first kappa shape index (κ1) is 13.2. The number of likely N-dealkylation sites (tertiary alicyclic amines) is 1. The van der Waals surface area contributed by atoms with Gasteiger partial charge < -0.3 is 4.90 Å². The van der Waals surface area contributed by atoms with Gasteiger partial charge in [-0.1, -0.05) is 27.7 Å². The molecule has 0 aromatic heterocycles. The summed E-state index contributed by atoms with van der Waals surface area (Å²) in [7, 11) is 0. The van der Waals surface area contributed by atoms with E-state index < -0.39 is 0 Å². The molecule has 92 valence electrons. The topological polar surface area (TPSA) is 37.4 Å². The molecule has 3 nitrogen and oxygen atoms in total. The zero-order chi connectivity index (χ0) is 12.3. The number of amides is 1. The SMILES string of the molecule is CCC1CN(C(=O)C(C)(C)CC)CCC1=O. The molecule has 1 amide bonds. The van der Waals surface area contributed by atoms with Crippen molar-refractivity contribution in [2.24, 2.45) is 11.3 Å². The molecule has 0 radical (unpaired) electrons. The molecule has 0 bridgehead atoms. The van der Waals surface area contributed by atoms with Crippen molar-refractivity contribution >= 4 is 11.7 Å². The standard InChI is InChI=1S/C13H23NO2/c1-5-10-9-14(8-7-11(10)15)12(16)13(3,4)6-2/h10H,5-9H2,1-4H3. The minimum atomic E-state index is -0.293. The molecule has 0 aliphatic carbocycles. The van der Waals surface area contributed by atoms with Gasteiger partial charge in [-0.05, 0) is 12.8 Å². The van der Waals surface area contributed by atoms with Gasteiger partial charge in [0, 0.05) is 30.8 Å². The van der Waals surface area contributed by atoms with E-state index in [0.29, 0.717) is 25.3 Å². The highest BCUT2D eigenvalue weighted by molar-refractivity contribution is 5.87. The highest BCUT2D eigenvalue weighted by atomic mass is 16.2. The summed E-state index contributed by atoms with van der Waals surface area (Å²) in [6.45, 7) is 9.24. The Morgan fingerprint density at radius 2 is 2.06 bits per heavy atom. The monoisotopic (exact) mass is 225 g/mol. The highest BCUT2D eigenvalue weighted by Crippen LogP contribution is 2.26. The van der Waals surface area contributed by atoms with Crippen LogP contribution >= 0.6 is 0 Å². The molecule has 0 aromatic rings. The van der Waals surface area contributed by atoms with E-state index >= 15 is 0 Å². The van der Waals surface area contributed by atoms with Crippen LogP contribution in [0.15, 0.2) is 0 Å². The van der Waals surface area contributed by atoms with E-state index in [1.54, 1.807) is 0 Å². The Morgan fingerprint density at radius 1 is 1.44 bits per heavy atom. The van der Waals surface area contributed by atoms with E-state index in [1.807, 2.05) is 32.6 Å². The van der Waals surface area contributed by atoms with E-state index in [0.717, 1.165) is 12.8 Å². The van der Waals surface area contributed by atoms with Crippen LogP contribution in [0.2, 0.25) is 0 Å². The summed E-state index contributed by atoms with van der Waals surface area (Å²) in [5.74, 6) is 0.576. The van der Waals surface area contributed by atoms with Gasteiger partial charge in [0.05, 0.1) is 0 Å². The molecule has 0 N–H and O–H groups in total. The summed E-state index contributed by atoms with van der Waals surface area (Å²) in [5.41, 5.74) is -0.293. The van der Waals surface area contributed by atoms with Crippen molar-refractivity contribution in [1.29, 1.82) is 0 Å². The van der Waals surface area contributed by atoms with Gasteiger partial charge in [0.15, 0.2) is 0 Å². The van der Waals surface area contributed by atoms with Crippen LogP contribution in [0.5, 0.6) is 0 Å². The number of nitrogens with zero attached hydrogens (tertiary/aromatic N) is 1. The van der Waals surface area contributed by atoms with Gasteiger partial charge in [-0.25, -0.2) is 0 Å². The van der Waals surface area contributed by atoms with Gasteiger partial charge in [-0.3, -0.25) is 9.59 Å². The number of hydrogen-bond acceptors (Lipinski definition) is 2. The van der Waals surface area contributed by atoms with Crippen LogP contribution in [0.25, 0.3) is 0 Å². The summed E-state index contributed by atoms with van der Waals surface area (Å²) in [4.78, 5) is 25.7. The van der Waals surface area contributed by atoms with E-state index in [2.05, 4.69) is 0 Å². The van der Waals surface area contributed by atoms with Crippen LogP contribution in [-0.2, 0) is 9.59 Å². The second-order valence-corrected chi connectivity index (χ2v) is 5.31. The Labute approximate surface area is 98.2 Å². The van der Waals surface area contributed by atoms with Crippen molar-refractivity contribution in [3.8, 4) is 0 Å². The smallest absolute Gasteiger partial charge is 0.228 e. The number of piperidine rings is 1. The number of ketones is 1. The van der Waals surface area contributed by atoms with Gasteiger partial charge in [0.2, 0.25) is 5.91 Å². The molecular formula is C13H23NO2. The molecule has 1 unspecified atom stereocenters. The highest BCUT2D eigenvalue weighted by Gasteiger charge is 2.35. The largest absolute Gasteiger partial charge is 0.341 e. The van der Waals surface area contributed by atoms with E-state index in [1.165, 1.54) is 0 Å². The molecule has 1 fully saturated rings. The zero-order valence-electron chi connectivity index (χ0n) is 10.9. The predicted molar refractivity (Wildman–Crippen MR) is 64.1 cm³/mol. The summed E-state index contributed by atoms with van der Waals surface area (Å²) < 4.78 is 0. The molecule has 0 spiro atoms. The molecule has 3 heteroatoms. The Bertz CT molecular complexity index is 284. The van der Waals surface area contributed by atoms with Gasteiger partial charge in [0.1, 0.15) is 5.78 Å². The van der Waals surface area contributed by atoms with Crippen molar-refractivity contribution in [2.45, 2.75) is 47.0 Å². The van der Waals surface area contributed by atoms with E-state index in [4.69, 9.17) is 0 Å². The maximum absolute atomic E-state index is 12.2. The fraction of sp³-hybridized carbons (Fsp3) is 0.846. The lowest BCUT2D eigenvalue weighted by Crippen LogP contribution is -2.48. The lowest BCUT2D eigenvalue weighted by Gasteiger charge is -2.36. The van der Waals surface area contributed by atoms with Crippen molar-refractivity contribution in [3.63, 3.8) is 0 Å². The Kier molecular flexibility index (Phi) is 4.11. The predicted octanol–water partition coefficient (Wildman–Crippen LogP) is 2.25. The molecule has 1 atom stereocenters. The van der Waals surface area contributed by atoms with Crippen LogP contribution < -0.4 is 0 Å². The average Bonchev–Trinajstić information content (AvgIpc) is 2.28. The van der Waals surface area contributed by atoms with Crippen LogP contribution in [0.4, 0.5) is 0 Å². The third-order valence-electron chi connectivity index (χ3n) is 3.77. The molecular weight excluding hydrogens is 202 g/mol. The first-order valence-electron chi connectivity index (χ1n) is 6.24. The maximum atomic E-state index is 12.2. The Hall–Kier alpha value is -0.860. The fourth-order valence-electron chi connectivity index (χ4n) is 2.03. The van der Waals surface area contributed by atoms with Crippen molar-refractivity contribution in [1.82, 2.24) is 4.90 Å². The van der Waals surface area contributed by atoms with Gasteiger partial charge in [-0.15, -0.1) is 0 Å². The molecule has 0 aromatic carbocycles. The Balaban J connectivity index is 2.69. The molecule has 16 heavy (non-hydrogen) atoms. The summed E-state index contributed by atoms with van der Waals surface area (Å²) in [6.07, 6.45) is 2.21. The minimum Gasteiger partial charge on any atom is -0.341 e. The molecule has 1 aliphatic rings. The van der Waals surface area contributed by atoms with Crippen LogP contribution in [0, 0.1) is 11.3 Å². The third kappa shape index (κ3) is 2.63. The van der Waals surface area contributed by atoms with Crippen molar-refractivity contribution < 1.29 is 9.59 Å². The second-order valence-electron chi connectivity index (χ2n) is 5.31. The number of carbonyl (C=O) groups is 2. The second kappa shape index (κ2) is 4.98. The average molecular weight is 225 g/mol. The van der Waals surface area contributed by atoms with Crippen molar-refractivity contribution in [2.75, 3.05) is 13.1 Å².